The molecule has 0 aliphatic carbocycles. The number of fused-ring (bicyclic) bond motifs is 1. The highest BCUT2D eigenvalue weighted by Gasteiger charge is 2.29. The van der Waals surface area contributed by atoms with Crippen LogP contribution in [0.25, 0.3) is 0 Å². The van der Waals surface area contributed by atoms with Crippen molar-refractivity contribution >= 4 is 11.9 Å². The van der Waals surface area contributed by atoms with E-state index in [4.69, 9.17) is 9.47 Å². The van der Waals surface area contributed by atoms with E-state index in [0.717, 1.165) is 23.1 Å². The van der Waals surface area contributed by atoms with Gasteiger partial charge in [-0.1, -0.05) is 25.5 Å². The van der Waals surface area contributed by atoms with Crippen LogP contribution in [0.5, 0.6) is 11.5 Å². The van der Waals surface area contributed by atoms with Gasteiger partial charge in [-0.05, 0) is 53.8 Å². The number of halogens is 1. The number of urea groups is 1. The highest BCUT2D eigenvalue weighted by atomic mass is 19.1. The van der Waals surface area contributed by atoms with E-state index in [1.54, 1.807) is 31.3 Å². The van der Waals surface area contributed by atoms with Crippen LogP contribution >= 0.6 is 0 Å². The van der Waals surface area contributed by atoms with Crippen molar-refractivity contribution in [3.8, 4) is 11.5 Å². The Morgan fingerprint density at radius 3 is 2.38 bits per heavy atom. The summed E-state index contributed by atoms with van der Waals surface area (Å²) in [5.74, 6) is 0.869. The third-order valence-corrected chi connectivity index (χ3v) is 5.58. The first-order valence-corrected chi connectivity index (χ1v) is 10.8. The SMILES string of the molecule is CCCC(NC(=O)NCc1ccc(F)cc1)C(=O)N1CCc2cc(OC)c(OC)cc2C1. The summed E-state index contributed by atoms with van der Waals surface area (Å²) in [6, 6.07) is 8.73. The fraction of sp³-hybridized carbons (Fsp3) is 0.417. The van der Waals surface area contributed by atoms with Crippen molar-refractivity contribution < 1.29 is 23.5 Å². The van der Waals surface area contributed by atoms with Crippen LogP contribution in [0, 0.1) is 5.82 Å². The van der Waals surface area contributed by atoms with Crippen LogP contribution in [0.2, 0.25) is 0 Å². The third kappa shape index (κ3) is 5.69. The first kappa shape index (κ1) is 23.4. The van der Waals surface area contributed by atoms with Gasteiger partial charge in [0, 0.05) is 19.6 Å². The van der Waals surface area contributed by atoms with Gasteiger partial charge in [0.15, 0.2) is 11.5 Å². The number of rotatable bonds is 8. The summed E-state index contributed by atoms with van der Waals surface area (Å²) in [7, 11) is 3.19. The lowest BCUT2D eigenvalue weighted by Crippen LogP contribution is -2.52. The largest absolute Gasteiger partial charge is 0.493 e. The summed E-state index contributed by atoms with van der Waals surface area (Å²) in [6.45, 7) is 3.24. The van der Waals surface area contributed by atoms with Crippen molar-refractivity contribution in [2.75, 3.05) is 20.8 Å². The van der Waals surface area contributed by atoms with E-state index in [2.05, 4.69) is 10.6 Å². The highest BCUT2D eigenvalue weighted by Crippen LogP contribution is 2.33. The Bertz CT molecular complexity index is 949. The second-order valence-electron chi connectivity index (χ2n) is 7.78. The van der Waals surface area contributed by atoms with Crippen molar-refractivity contribution in [1.29, 1.82) is 0 Å². The minimum Gasteiger partial charge on any atom is -0.493 e. The fourth-order valence-corrected chi connectivity index (χ4v) is 3.83. The molecule has 32 heavy (non-hydrogen) atoms. The molecule has 0 bridgehead atoms. The van der Waals surface area contributed by atoms with Crippen molar-refractivity contribution in [3.63, 3.8) is 0 Å². The van der Waals surface area contributed by atoms with Crippen LogP contribution in [-0.4, -0.2) is 43.6 Å². The molecule has 1 heterocycles. The second kappa shape index (κ2) is 10.8. The first-order valence-electron chi connectivity index (χ1n) is 10.8. The van der Waals surface area contributed by atoms with E-state index in [9.17, 15) is 14.0 Å². The number of methoxy groups -OCH3 is 2. The Morgan fingerprint density at radius 1 is 1.09 bits per heavy atom. The van der Waals surface area contributed by atoms with Gasteiger partial charge in [-0.15, -0.1) is 0 Å². The predicted molar refractivity (Wildman–Crippen MR) is 119 cm³/mol. The third-order valence-electron chi connectivity index (χ3n) is 5.58. The van der Waals surface area contributed by atoms with Crippen LogP contribution in [0.4, 0.5) is 9.18 Å². The first-order chi connectivity index (χ1) is 15.4. The van der Waals surface area contributed by atoms with E-state index in [-0.39, 0.29) is 18.3 Å². The maximum Gasteiger partial charge on any atom is 0.315 e. The zero-order chi connectivity index (χ0) is 23.1. The zero-order valence-corrected chi connectivity index (χ0v) is 18.7. The highest BCUT2D eigenvalue weighted by molar-refractivity contribution is 5.87. The number of carbonyl (C=O) groups excluding carboxylic acids is 2. The monoisotopic (exact) mass is 443 g/mol. The Balaban J connectivity index is 1.63. The molecule has 1 aliphatic heterocycles. The van der Waals surface area contributed by atoms with Gasteiger partial charge in [-0.2, -0.15) is 0 Å². The Labute approximate surface area is 187 Å². The predicted octanol–water partition coefficient (Wildman–Crippen LogP) is 3.40. The quantitative estimate of drug-likeness (QED) is 0.656. The fourth-order valence-electron chi connectivity index (χ4n) is 3.83. The van der Waals surface area contributed by atoms with Crippen LogP contribution in [0.1, 0.15) is 36.5 Å². The average Bonchev–Trinajstić information content (AvgIpc) is 2.81. The molecule has 0 spiro atoms. The Morgan fingerprint density at radius 2 is 1.75 bits per heavy atom. The van der Waals surface area contributed by atoms with Gasteiger partial charge in [-0.3, -0.25) is 4.79 Å². The van der Waals surface area contributed by atoms with Gasteiger partial charge >= 0.3 is 6.03 Å². The number of nitrogens with zero attached hydrogens (tertiary/aromatic N) is 1. The van der Waals surface area contributed by atoms with Gasteiger partial charge in [0.25, 0.3) is 0 Å². The molecule has 7 nitrogen and oxygen atoms in total. The molecular formula is C24H30FN3O4. The molecule has 2 aromatic rings. The van der Waals surface area contributed by atoms with Crippen molar-refractivity contribution in [2.45, 2.75) is 45.3 Å². The summed E-state index contributed by atoms with van der Waals surface area (Å²) in [5.41, 5.74) is 2.92. The second-order valence-corrected chi connectivity index (χ2v) is 7.78. The van der Waals surface area contributed by atoms with Gasteiger partial charge in [0.1, 0.15) is 11.9 Å². The smallest absolute Gasteiger partial charge is 0.315 e. The number of amides is 3. The number of hydrogen-bond acceptors (Lipinski definition) is 4. The normalized spacial score (nSPS) is 13.7. The summed E-state index contributed by atoms with van der Waals surface area (Å²) in [5, 5.41) is 5.54. The van der Waals surface area contributed by atoms with Crippen molar-refractivity contribution in [2.24, 2.45) is 0 Å². The van der Waals surface area contributed by atoms with Crippen LogP contribution in [-0.2, 0) is 24.3 Å². The molecule has 2 N–H and O–H groups in total. The molecule has 0 fully saturated rings. The van der Waals surface area contributed by atoms with Crippen LogP contribution < -0.4 is 20.1 Å². The van der Waals surface area contributed by atoms with Crippen molar-refractivity contribution in [3.05, 3.63) is 58.9 Å². The molecule has 1 atom stereocenters. The Hall–Kier alpha value is -3.29. The molecule has 3 rings (SSSR count). The maximum absolute atomic E-state index is 13.2. The topological polar surface area (TPSA) is 79.9 Å². The molecule has 0 radical (unpaired) electrons. The molecular weight excluding hydrogens is 413 g/mol. The van der Waals surface area contributed by atoms with Gasteiger partial charge in [-0.25, -0.2) is 9.18 Å². The van der Waals surface area contributed by atoms with Gasteiger partial charge < -0.3 is 25.0 Å². The number of hydrogen-bond donors (Lipinski definition) is 2. The van der Waals surface area contributed by atoms with E-state index < -0.39 is 12.1 Å². The number of carbonyl (C=O) groups is 2. The number of nitrogens with one attached hydrogen (secondary N) is 2. The lowest BCUT2D eigenvalue weighted by atomic mass is 9.97. The lowest BCUT2D eigenvalue weighted by Gasteiger charge is -2.32. The molecule has 0 aromatic heterocycles. The van der Waals surface area contributed by atoms with Crippen LogP contribution in [0.3, 0.4) is 0 Å². The van der Waals surface area contributed by atoms with Gasteiger partial charge in [0.2, 0.25) is 5.91 Å². The molecule has 0 saturated carbocycles. The maximum atomic E-state index is 13.2. The lowest BCUT2D eigenvalue weighted by molar-refractivity contribution is -0.134. The summed E-state index contributed by atoms with van der Waals surface area (Å²) in [4.78, 5) is 27.4. The molecule has 2 aromatic carbocycles. The van der Waals surface area contributed by atoms with Crippen LogP contribution in [0.15, 0.2) is 36.4 Å². The number of benzene rings is 2. The van der Waals surface area contributed by atoms with E-state index in [1.165, 1.54) is 12.1 Å². The van der Waals surface area contributed by atoms with E-state index in [1.807, 2.05) is 19.1 Å². The Kier molecular flexibility index (Phi) is 7.92. The standard InChI is InChI=1S/C24H30FN3O4/c1-4-5-20(27-24(30)26-14-16-6-8-19(25)9-7-16)23(29)28-11-10-17-12-21(31-2)22(32-3)13-18(17)15-28/h6-9,12-13,20H,4-5,10-11,14-15H2,1-3H3,(H2,26,27,30). The van der Waals surface area contributed by atoms with Crippen molar-refractivity contribution in [1.82, 2.24) is 15.5 Å². The van der Waals surface area contributed by atoms with E-state index in [0.29, 0.717) is 37.4 Å². The number of ether oxygens (including phenoxy) is 2. The van der Waals surface area contributed by atoms with E-state index >= 15 is 0 Å². The molecule has 8 heteroatoms. The molecule has 1 unspecified atom stereocenters. The summed E-state index contributed by atoms with van der Waals surface area (Å²) in [6.07, 6.45) is 2.00. The molecule has 1 aliphatic rings. The average molecular weight is 444 g/mol. The van der Waals surface area contributed by atoms with Gasteiger partial charge in [0.05, 0.1) is 14.2 Å². The molecule has 3 amide bonds. The minimum atomic E-state index is -0.616. The zero-order valence-electron chi connectivity index (χ0n) is 18.7. The summed E-state index contributed by atoms with van der Waals surface area (Å²) < 4.78 is 23.8. The molecule has 172 valence electrons. The molecule has 0 saturated heterocycles. The summed E-state index contributed by atoms with van der Waals surface area (Å²) >= 11 is 0. The minimum absolute atomic E-state index is 0.107.